The third kappa shape index (κ3) is 6.42. The van der Waals surface area contributed by atoms with Crippen LogP contribution >= 0.6 is 0 Å². The van der Waals surface area contributed by atoms with Gasteiger partial charge in [-0.2, -0.15) is 0 Å². The fourth-order valence-electron chi connectivity index (χ4n) is 2.39. The molecule has 0 atom stereocenters. The molecule has 0 radical (unpaired) electrons. The predicted octanol–water partition coefficient (Wildman–Crippen LogP) is 3.24. The maximum atomic E-state index is 12.0. The van der Waals surface area contributed by atoms with E-state index in [1.165, 1.54) is 6.92 Å². The van der Waals surface area contributed by atoms with Crippen LogP contribution in [0.5, 0.6) is 11.5 Å². The Balaban J connectivity index is 1.76. The molecule has 0 fully saturated rings. The number of carbonyl (C=O) groups is 3. The molecule has 28 heavy (non-hydrogen) atoms. The van der Waals surface area contributed by atoms with E-state index < -0.39 is 18.5 Å². The number of benzene rings is 2. The Morgan fingerprint density at radius 3 is 2.25 bits per heavy atom. The van der Waals surface area contributed by atoms with Gasteiger partial charge in [0.2, 0.25) is 0 Å². The number of ketones is 1. The van der Waals surface area contributed by atoms with Crippen LogP contribution in [0.2, 0.25) is 0 Å². The van der Waals surface area contributed by atoms with Gasteiger partial charge < -0.3 is 19.5 Å². The number of anilines is 1. The summed E-state index contributed by atoms with van der Waals surface area (Å²) in [5, 5.41) is 2.57. The average Bonchev–Trinajstić information content (AvgIpc) is 2.68. The summed E-state index contributed by atoms with van der Waals surface area (Å²) in [6.07, 6.45) is -0.0161. The van der Waals surface area contributed by atoms with Crippen LogP contribution < -0.4 is 14.8 Å². The minimum atomic E-state index is -0.566. The van der Waals surface area contributed by atoms with E-state index in [1.807, 2.05) is 13.0 Å². The highest BCUT2D eigenvalue weighted by Gasteiger charge is 2.12. The highest BCUT2D eigenvalue weighted by atomic mass is 16.5. The van der Waals surface area contributed by atoms with Gasteiger partial charge in [0.25, 0.3) is 5.91 Å². The average molecular weight is 385 g/mol. The van der Waals surface area contributed by atoms with E-state index in [9.17, 15) is 14.4 Å². The van der Waals surface area contributed by atoms with Crippen molar-refractivity contribution < 1.29 is 28.6 Å². The fourth-order valence-corrected chi connectivity index (χ4v) is 2.39. The van der Waals surface area contributed by atoms with E-state index in [-0.39, 0.29) is 18.8 Å². The Hall–Kier alpha value is -3.35. The van der Waals surface area contributed by atoms with E-state index in [1.54, 1.807) is 42.5 Å². The van der Waals surface area contributed by atoms with Crippen LogP contribution in [0.4, 0.5) is 5.69 Å². The fraction of sp³-hybridized carbons (Fsp3) is 0.286. The van der Waals surface area contributed by atoms with Gasteiger partial charge in [0.1, 0.15) is 0 Å². The summed E-state index contributed by atoms with van der Waals surface area (Å²) in [7, 11) is 0. The van der Waals surface area contributed by atoms with Gasteiger partial charge >= 0.3 is 5.97 Å². The molecule has 0 aliphatic rings. The second kappa shape index (κ2) is 10.7. The minimum absolute atomic E-state index is 0.0161. The maximum absolute atomic E-state index is 12.0. The van der Waals surface area contributed by atoms with Crippen molar-refractivity contribution in [2.45, 2.75) is 20.3 Å². The molecule has 0 aliphatic heterocycles. The molecule has 0 aromatic heterocycles. The van der Waals surface area contributed by atoms with Gasteiger partial charge in [0, 0.05) is 5.56 Å². The summed E-state index contributed by atoms with van der Waals surface area (Å²) in [6.45, 7) is 3.44. The number of esters is 1. The van der Waals surface area contributed by atoms with Crippen molar-refractivity contribution >= 4 is 23.3 Å². The van der Waals surface area contributed by atoms with Crippen molar-refractivity contribution in [3.05, 3.63) is 54.1 Å². The number of carbonyl (C=O) groups excluding carboxylic acids is 3. The molecule has 0 aliphatic carbocycles. The molecular weight excluding hydrogens is 362 g/mol. The first-order chi connectivity index (χ1) is 13.5. The van der Waals surface area contributed by atoms with Gasteiger partial charge in [-0.05, 0) is 38.1 Å². The lowest BCUT2D eigenvalue weighted by Gasteiger charge is -2.11. The second-order valence-corrected chi connectivity index (χ2v) is 5.79. The molecular formula is C21H23NO6. The molecule has 2 aromatic rings. The monoisotopic (exact) mass is 385 g/mol. The lowest BCUT2D eigenvalue weighted by Crippen LogP contribution is -2.22. The smallest absolute Gasteiger partial charge is 0.309 e. The van der Waals surface area contributed by atoms with Crippen molar-refractivity contribution in [2.75, 3.05) is 25.1 Å². The van der Waals surface area contributed by atoms with Gasteiger partial charge in [-0.1, -0.05) is 24.3 Å². The van der Waals surface area contributed by atoms with Crippen molar-refractivity contribution in [1.29, 1.82) is 0 Å². The number of rotatable bonds is 10. The number of nitrogens with one attached hydrogen (secondary N) is 1. The van der Waals surface area contributed by atoms with Gasteiger partial charge in [0.15, 0.2) is 23.9 Å². The number of para-hydroxylation sites is 3. The van der Waals surface area contributed by atoms with Crippen LogP contribution in [-0.4, -0.2) is 37.5 Å². The molecule has 7 nitrogen and oxygen atoms in total. The van der Waals surface area contributed by atoms with Crippen molar-refractivity contribution in [3.63, 3.8) is 0 Å². The summed E-state index contributed by atoms with van der Waals surface area (Å²) >= 11 is 0. The van der Waals surface area contributed by atoms with Crippen LogP contribution in [0, 0.1) is 0 Å². The molecule has 2 aromatic carbocycles. The van der Waals surface area contributed by atoms with E-state index >= 15 is 0 Å². The molecule has 1 amide bonds. The number of hydrogen-bond acceptors (Lipinski definition) is 6. The lowest BCUT2D eigenvalue weighted by molar-refractivity contribution is -0.147. The van der Waals surface area contributed by atoms with Crippen molar-refractivity contribution in [1.82, 2.24) is 0 Å². The predicted molar refractivity (Wildman–Crippen MR) is 104 cm³/mol. The quantitative estimate of drug-likeness (QED) is 0.499. The van der Waals surface area contributed by atoms with Crippen LogP contribution in [-0.2, 0) is 14.3 Å². The number of ether oxygens (including phenoxy) is 3. The number of Topliss-reactive ketones (excluding diaryl/α,β-unsaturated/α-hetero) is 1. The molecule has 0 unspecified atom stereocenters. The summed E-state index contributed by atoms with van der Waals surface area (Å²) < 4.78 is 15.9. The Morgan fingerprint density at radius 1 is 0.929 bits per heavy atom. The van der Waals surface area contributed by atoms with Crippen molar-refractivity contribution in [3.8, 4) is 11.5 Å². The standard InChI is InChI=1S/C21H23NO6/c1-3-26-18-10-6-7-11-19(18)27-13-12-21(25)28-14-20(24)22-17-9-5-4-8-16(17)15(2)23/h4-11H,3,12-14H2,1-2H3,(H,22,24). The SMILES string of the molecule is CCOc1ccccc1OCCC(=O)OCC(=O)Nc1ccccc1C(C)=O. The first-order valence-electron chi connectivity index (χ1n) is 8.91. The second-order valence-electron chi connectivity index (χ2n) is 5.79. The van der Waals surface area contributed by atoms with E-state index in [0.717, 1.165) is 0 Å². The lowest BCUT2D eigenvalue weighted by atomic mass is 10.1. The molecule has 0 spiro atoms. The van der Waals surface area contributed by atoms with E-state index in [2.05, 4.69) is 5.32 Å². The van der Waals surface area contributed by atoms with Crippen molar-refractivity contribution in [2.24, 2.45) is 0 Å². The topological polar surface area (TPSA) is 90.9 Å². The minimum Gasteiger partial charge on any atom is -0.490 e. The van der Waals surface area contributed by atoms with Crippen LogP contribution in [0.3, 0.4) is 0 Å². The summed E-state index contributed by atoms with van der Waals surface area (Å²) in [5.41, 5.74) is 0.774. The van der Waals surface area contributed by atoms with Gasteiger partial charge in [0.05, 0.1) is 25.3 Å². The summed E-state index contributed by atoms with van der Waals surface area (Å²) in [6, 6.07) is 13.8. The molecule has 1 N–H and O–H groups in total. The third-order valence-electron chi connectivity index (χ3n) is 3.66. The third-order valence-corrected chi connectivity index (χ3v) is 3.66. The van der Waals surface area contributed by atoms with E-state index in [4.69, 9.17) is 14.2 Å². The Kier molecular flexibility index (Phi) is 8.02. The van der Waals surface area contributed by atoms with E-state index in [0.29, 0.717) is 29.4 Å². The molecule has 0 saturated carbocycles. The first kappa shape index (κ1) is 21.0. The molecule has 148 valence electrons. The van der Waals surface area contributed by atoms with Crippen LogP contribution in [0.15, 0.2) is 48.5 Å². The Bertz CT molecular complexity index is 833. The normalized spacial score (nSPS) is 10.1. The van der Waals surface area contributed by atoms with Gasteiger partial charge in [-0.25, -0.2) is 0 Å². The first-order valence-corrected chi connectivity index (χ1v) is 8.91. The summed E-state index contributed by atoms with van der Waals surface area (Å²) in [5.74, 6) is -0.122. The summed E-state index contributed by atoms with van der Waals surface area (Å²) in [4.78, 5) is 35.3. The number of hydrogen-bond donors (Lipinski definition) is 1. The highest BCUT2D eigenvalue weighted by Crippen LogP contribution is 2.26. The Morgan fingerprint density at radius 2 is 1.57 bits per heavy atom. The molecule has 2 rings (SSSR count). The largest absolute Gasteiger partial charge is 0.490 e. The zero-order chi connectivity index (χ0) is 20.4. The molecule has 0 saturated heterocycles. The molecule has 7 heteroatoms. The number of amides is 1. The van der Waals surface area contributed by atoms with Gasteiger partial charge in [-0.3, -0.25) is 14.4 Å². The van der Waals surface area contributed by atoms with Crippen LogP contribution in [0.1, 0.15) is 30.6 Å². The molecule has 0 bridgehead atoms. The zero-order valence-electron chi connectivity index (χ0n) is 15.9. The van der Waals surface area contributed by atoms with Gasteiger partial charge in [-0.15, -0.1) is 0 Å². The zero-order valence-corrected chi connectivity index (χ0v) is 15.9. The highest BCUT2D eigenvalue weighted by molar-refractivity contribution is 6.04. The molecule has 0 heterocycles. The van der Waals surface area contributed by atoms with Crippen LogP contribution in [0.25, 0.3) is 0 Å². The maximum Gasteiger partial charge on any atom is 0.309 e. The Labute approximate surface area is 163 Å².